The van der Waals surface area contributed by atoms with Crippen LogP contribution in [0.1, 0.15) is 49.4 Å². The molecule has 0 aromatic heterocycles. The van der Waals surface area contributed by atoms with Crippen LogP contribution < -0.4 is 11.1 Å². The Hall–Kier alpha value is -1.71. The molecule has 1 aliphatic carbocycles. The number of nitrogen functional groups attached to an aromatic ring is 1. The number of anilines is 2. The highest BCUT2D eigenvalue weighted by molar-refractivity contribution is 5.98. The lowest BCUT2D eigenvalue weighted by atomic mass is 9.84. The fourth-order valence-electron chi connectivity index (χ4n) is 2.91. The van der Waals surface area contributed by atoms with Crippen LogP contribution >= 0.6 is 0 Å². The zero-order valence-electron chi connectivity index (χ0n) is 12.3. The van der Waals surface area contributed by atoms with Crippen LogP contribution in [0.15, 0.2) is 18.2 Å². The summed E-state index contributed by atoms with van der Waals surface area (Å²) in [7, 11) is 1.37. The maximum absolute atomic E-state index is 11.6. The Morgan fingerprint density at radius 2 is 2.05 bits per heavy atom. The highest BCUT2D eigenvalue weighted by Crippen LogP contribution is 2.31. The minimum atomic E-state index is -0.388. The minimum absolute atomic E-state index is 0.388. The number of esters is 1. The maximum atomic E-state index is 11.6. The van der Waals surface area contributed by atoms with Crippen molar-refractivity contribution in [2.24, 2.45) is 5.92 Å². The number of para-hydroxylation sites is 1. The molecule has 20 heavy (non-hydrogen) atoms. The van der Waals surface area contributed by atoms with Gasteiger partial charge in [0.15, 0.2) is 0 Å². The summed E-state index contributed by atoms with van der Waals surface area (Å²) in [4.78, 5) is 11.6. The van der Waals surface area contributed by atoms with Crippen LogP contribution in [0, 0.1) is 5.92 Å². The van der Waals surface area contributed by atoms with Crippen molar-refractivity contribution in [3.8, 4) is 0 Å². The molecule has 0 unspecified atom stereocenters. The van der Waals surface area contributed by atoms with Crippen molar-refractivity contribution >= 4 is 17.3 Å². The van der Waals surface area contributed by atoms with Gasteiger partial charge in [0.1, 0.15) is 0 Å². The lowest BCUT2D eigenvalue weighted by molar-refractivity contribution is 0.0602. The molecule has 1 aromatic carbocycles. The van der Waals surface area contributed by atoms with E-state index in [1.165, 1.54) is 39.2 Å². The predicted molar refractivity (Wildman–Crippen MR) is 81.9 cm³/mol. The monoisotopic (exact) mass is 276 g/mol. The van der Waals surface area contributed by atoms with E-state index in [0.29, 0.717) is 17.3 Å². The number of ether oxygens (including phenoxy) is 1. The Labute approximate surface area is 120 Å². The van der Waals surface area contributed by atoms with Crippen molar-refractivity contribution in [2.45, 2.75) is 45.1 Å². The van der Waals surface area contributed by atoms with Gasteiger partial charge >= 0.3 is 5.97 Å². The zero-order chi connectivity index (χ0) is 14.5. The van der Waals surface area contributed by atoms with E-state index in [4.69, 9.17) is 10.5 Å². The van der Waals surface area contributed by atoms with Gasteiger partial charge in [0.2, 0.25) is 0 Å². The van der Waals surface area contributed by atoms with Crippen molar-refractivity contribution in [1.29, 1.82) is 0 Å². The summed E-state index contributed by atoms with van der Waals surface area (Å²) in [6.07, 6.45) is 6.14. The molecule has 0 radical (unpaired) electrons. The first kappa shape index (κ1) is 14.7. The average molecular weight is 276 g/mol. The van der Waals surface area contributed by atoms with Gasteiger partial charge in [-0.05, 0) is 43.7 Å². The van der Waals surface area contributed by atoms with Crippen molar-refractivity contribution in [2.75, 3.05) is 18.2 Å². The molecule has 0 bridgehead atoms. The Bertz CT molecular complexity index is 466. The summed E-state index contributed by atoms with van der Waals surface area (Å²) in [6.45, 7) is 2.26. The summed E-state index contributed by atoms with van der Waals surface area (Å²) >= 11 is 0. The quantitative estimate of drug-likeness (QED) is 0.653. The van der Waals surface area contributed by atoms with Gasteiger partial charge in [-0.2, -0.15) is 0 Å². The predicted octanol–water partition coefficient (Wildman–Crippen LogP) is 3.44. The number of carbonyl (C=O) groups excluding carboxylic acids is 1. The molecule has 3 N–H and O–H groups in total. The fourth-order valence-corrected chi connectivity index (χ4v) is 2.91. The molecule has 0 aliphatic heterocycles. The summed E-state index contributed by atoms with van der Waals surface area (Å²) < 4.78 is 4.74. The first-order valence-electron chi connectivity index (χ1n) is 7.39. The van der Waals surface area contributed by atoms with Crippen molar-refractivity contribution < 1.29 is 9.53 Å². The van der Waals surface area contributed by atoms with E-state index >= 15 is 0 Å². The van der Waals surface area contributed by atoms with E-state index in [1.54, 1.807) is 6.07 Å². The van der Waals surface area contributed by atoms with Gasteiger partial charge in [-0.1, -0.05) is 19.4 Å². The average Bonchev–Trinajstić information content (AvgIpc) is 2.49. The van der Waals surface area contributed by atoms with Gasteiger partial charge in [-0.25, -0.2) is 4.79 Å². The summed E-state index contributed by atoms with van der Waals surface area (Å²) in [6, 6.07) is 5.91. The second-order valence-electron chi connectivity index (χ2n) is 5.53. The first-order valence-corrected chi connectivity index (χ1v) is 7.39. The van der Waals surface area contributed by atoms with Gasteiger partial charge in [0.05, 0.1) is 24.0 Å². The number of rotatable bonds is 4. The number of hydrogen-bond donors (Lipinski definition) is 2. The summed E-state index contributed by atoms with van der Waals surface area (Å²) in [5.74, 6) is 0.479. The normalized spacial score (nSPS) is 22.3. The van der Waals surface area contributed by atoms with Crippen LogP contribution in [0.2, 0.25) is 0 Å². The van der Waals surface area contributed by atoms with Gasteiger partial charge in [-0.15, -0.1) is 0 Å². The standard InChI is InChI=1S/C16H24N2O2/c1-3-11-7-9-12(10-8-11)18-14-6-4-5-13(15(14)17)16(19)20-2/h4-6,11-12,18H,3,7-10,17H2,1-2H3. The molecule has 1 aliphatic rings. The van der Waals surface area contributed by atoms with Crippen LogP contribution in [-0.2, 0) is 4.74 Å². The number of carbonyl (C=O) groups is 1. The lowest BCUT2D eigenvalue weighted by Gasteiger charge is -2.29. The molecule has 110 valence electrons. The fraction of sp³-hybridized carbons (Fsp3) is 0.562. The van der Waals surface area contributed by atoms with Crippen molar-refractivity contribution in [3.05, 3.63) is 23.8 Å². The number of nitrogens with two attached hydrogens (primary N) is 1. The third-order valence-electron chi connectivity index (χ3n) is 4.30. The zero-order valence-corrected chi connectivity index (χ0v) is 12.3. The van der Waals surface area contributed by atoms with E-state index in [1.807, 2.05) is 12.1 Å². The van der Waals surface area contributed by atoms with Crippen molar-refractivity contribution in [3.63, 3.8) is 0 Å². The topological polar surface area (TPSA) is 64.3 Å². The second kappa shape index (κ2) is 6.64. The Kier molecular flexibility index (Phi) is 4.88. The van der Waals surface area contributed by atoms with Crippen LogP contribution in [0.25, 0.3) is 0 Å². The molecule has 0 spiro atoms. The molecule has 2 rings (SSSR count). The molecule has 4 nitrogen and oxygen atoms in total. The van der Waals surface area contributed by atoms with E-state index in [0.717, 1.165) is 11.6 Å². The molecule has 1 saturated carbocycles. The van der Waals surface area contributed by atoms with Crippen LogP contribution in [0.5, 0.6) is 0 Å². The third kappa shape index (κ3) is 3.24. The van der Waals surface area contributed by atoms with E-state index in [2.05, 4.69) is 12.2 Å². The molecular formula is C16H24N2O2. The van der Waals surface area contributed by atoms with E-state index < -0.39 is 0 Å². The number of benzene rings is 1. The number of hydrogen-bond acceptors (Lipinski definition) is 4. The molecule has 1 aromatic rings. The van der Waals surface area contributed by atoms with Crippen LogP contribution in [-0.4, -0.2) is 19.1 Å². The van der Waals surface area contributed by atoms with Gasteiger partial charge < -0.3 is 15.8 Å². The molecule has 0 heterocycles. The number of methoxy groups -OCH3 is 1. The first-order chi connectivity index (χ1) is 9.65. The van der Waals surface area contributed by atoms with E-state index in [9.17, 15) is 4.79 Å². The highest BCUT2D eigenvalue weighted by atomic mass is 16.5. The maximum Gasteiger partial charge on any atom is 0.340 e. The molecule has 1 fully saturated rings. The molecule has 0 saturated heterocycles. The summed E-state index contributed by atoms with van der Waals surface area (Å²) in [5.41, 5.74) is 7.82. The largest absolute Gasteiger partial charge is 0.465 e. The van der Waals surface area contributed by atoms with Gasteiger partial charge in [0, 0.05) is 6.04 Å². The van der Waals surface area contributed by atoms with E-state index in [-0.39, 0.29) is 5.97 Å². The summed E-state index contributed by atoms with van der Waals surface area (Å²) in [5, 5.41) is 3.48. The Morgan fingerprint density at radius 3 is 2.65 bits per heavy atom. The smallest absolute Gasteiger partial charge is 0.340 e. The number of nitrogens with one attached hydrogen (secondary N) is 1. The molecule has 0 atom stereocenters. The molecule has 4 heteroatoms. The highest BCUT2D eigenvalue weighted by Gasteiger charge is 2.21. The Balaban J connectivity index is 2.05. The minimum Gasteiger partial charge on any atom is -0.465 e. The second-order valence-corrected chi connectivity index (χ2v) is 5.53. The van der Waals surface area contributed by atoms with Gasteiger partial charge in [0.25, 0.3) is 0 Å². The lowest BCUT2D eigenvalue weighted by Crippen LogP contribution is -2.26. The molecule has 0 amide bonds. The Morgan fingerprint density at radius 1 is 1.35 bits per heavy atom. The molecular weight excluding hydrogens is 252 g/mol. The van der Waals surface area contributed by atoms with Crippen molar-refractivity contribution in [1.82, 2.24) is 0 Å². The van der Waals surface area contributed by atoms with Gasteiger partial charge in [-0.3, -0.25) is 0 Å². The van der Waals surface area contributed by atoms with Crippen LogP contribution in [0.4, 0.5) is 11.4 Å². The third-order valence-corrected chi connectivity index (χ3v) is 4.30. The SMILES string of the molecule is CCC1CCC(Nc2cccc(C(=O)OC)c2N)CC1. The van der Waals surface area contributed by atoms with Crippen LogP contribution in [0.3, 0.4) is 0 Å².